The van der Waals surface area contributed by atoms with Crippen LogP contribution in [0.1, 0.15) is 32.4 Å². The van der Waals surface area contributed by atoms with E-state index in [9.17, 15) is 9.59 Å². The molecular formula is C19H29N3O3. The van der Waals surface area contributed by atoms with E-state index in [0.29, 0.717) is 26.2 Å². The molecule has 1 atom stereocenters. The maximum Gasteiger partial charge on any atom is 0.236 e. The summed E-state index contributed by atoms with van der Waals surface area (Å²) in [5.74, 6) is 0.971. The molecule has 6 heteroatoms. The normalized spacial score (nSPS) is 18.3. The van der Waals surface area contributed by atoms with Crippen molar-refractivity contribution in [2.75, 3.05) is 40.3 Å². The molecular weight excluding hydrogens is 318 g/mol. The maximum absolute atomic E-state index is 12.2. The quantitative estimate of drug-likeness (QED) is 0.815. The first-order valence-corrected chi connectivity index (χ1v) is 8.74. The third-order valence-corrected chi connectivity index (χ3v) is 4.41. The number of hydrogen-bond acceptors (Lipinski definition) is 4. The van der Waals surface area contributed by atoms with Gasteiger partial charge in [0.2, 0.25) is 11.8 Å². The summed E-state index contributed by atoms with van der Waals surface area (Å²) in [7, 11) is 3.53. The molecule has 1 aliphatic heterocycles. The second kappa shape index (κ2) is 8.34. The van der Waals surface area contributed by atoms with Crippen LogP contribution in [0.2, 0.25) is 0 Å². The Morgan fingerprint density at radius 3 is 2.36 bits per heavy atom. The van der Waals surface area contributed by atoms with Crippen molar-refractivity contribution in [2.24, 2.45) is 0 Å². The van der Waals surface area contributed by atoms with Crippen LogP contribution >= 0.6 is 0 Å². The third-order valence-electron chi connectivity index (χ3n) is 4.41. The number of benzene rings is 1. The molecule has 2 rings (SSSR count). The summed E-state index contributed by atoms with van der Waals surface area (Å²) in [5.41, 5.74) is 1.09. The summed E-state index contributed by atoms with van der Waals surface area (Å²) in [6.45, 7) is 7.88. The fourth-order valence-electron chi connectivity index (χ4n) is 2.97. The monoisotopic (exact) mass is 347 g/mol. The molecule has 2 amide bonds. The number of rotatable bonds is 5. The first kappa shape index (κ1) is 19.2. The molecule has 1 heterocycles. The Hall–Kier alpha value is -2.08. The number of nitrogens with zero attached hydrogens (tertiary/aromatic N) is 3. The van der Waals surface area contributed by atoms with E-state index in [4.69, 9.17) is 4.74 Å². The zero-order chi connectivity index (χ0) is 18.6. The summed E-state index contributed by atoms with van der Waals surface area (Å²) >= 11 is 0. The molecule has 0 bridgehead atoms. The summed E-state index contributed by atoms with van der Waals surface area (Å²) in [5, 5.41) is 0. The topological polar surface area (TPSA) is 53.1 Å². The number of carbonyl (C=O) groups excluding carboxylic acids is 2. The Morgan fingerprint density at radius 2 is 1.84 bits per heavy atom. The number of amides is 2. The standard InChI is InChI=1S/C19H29N3O3/c1-14(2)25-17-8-6-16(7-9-17)18-12-21(15(3)23)10-11-22(18)13-19(24)20(4)5/h6-9,14,18H,10-13H2,1-5H3/t18-/m1/s1. The Labute approximate surface area is 150 Å². The molecule has 0 spiro atoms. The zero-order valence-corrected chi connectivity index (χ0v) is 15.9. The minimum atomic E-state index is 0.00894. The summed E-state index contributed by atoms with van der Waals surface area (Å²) in [6, 6.07) is 7.97. The molecule has 0 saturated carbocycles. The lowest BCUT2D eigenvalue weighted by Gasteiger charge is -2.41. The van der Waals surface area contributed by atoms with Gasteiger partial charge in [-0.2, -0.15) is 0 Å². The predicted molar refractivity (Wildman–Crippen MR) is 97.5 cm³/mol. The van der Waals surface area contributed by atoms with E-state index >= 15 is 0 Å². The summed E-state index contributed by atoms with van der Waals surface area (Å²) < 4.78 is 5.70. The smallest absolute Gasteiger partial charge is 0.236 e. The van der Waals surface area contributed by atoms with Crippen molar-refractivity contribution in [1.82, 2.24) is 14.7 Å². The molecule has 0 unspecified atom stereocenters. The van der Waals surface area contributed by atoms with Crippen LogP contribution in [0.15, 0.2) is 24.3 Å². The number of likely N-dealkylation sites (N-methyl/N-ethyl adjacent to an activating group) is 1. The minimum absolute atomic E-state index is 0.00894. The van der Waals surface area contributed by atoms with Crippen molar-refractivity contribution >= 4 is 11.8 Å². The van der Waals surface area contributed by atoms with Crippen molar-refractivity contribution in [3.05, 3.63) is 29.8 Å². The molecule has 25 heavy (non-hydrogen) atoms. The molecule has 1 aliphatic rings. The van der Waals surface area contributed by atoms with Gasteiger partial charge in [-0.25, -0.2) is 0 Å². The van der Waals surface area contributed by atoms with Gasteiger partial charge in [-0.05, 0) is 31.5 Å². The molecule has 138 valence electrons. The van der Waals surface area contributed by atoms with Crippen LogP contribution in [-0.2, 0) is 9.59 Å². The van der Waals surface area contributed by atoms with Gasteiger partial charge in [0.15, 0.2) is 0 Å². The first-order valence-electron chi connectivity index (χ1n) is 8.74. The molecule has 0 aromatic heterocycles. The lowest BCUT2D eigenvalue weighted by molar-refractivity contribution is -0.134. The summed E-state index contributed by atoms with van der Waals surface area (Å²) in [6.07, 6.45) is 0.128. The lowest BCUT2D eigenvalue weighted by atomic mass is 10.0. The second-order valence-electron chi connectivity index (χ2n) is 6.98. The van der Waals surface area contributed by atoms with Gasteiger partial charge in [-0.3, -0.25) is 14.5 Å². The van der Waals surface area contributed by atoms with Gasteiger partial charge in [0.1, 0.15) is 5.75 Å². The van der Waals surface area contributed by atoms with Crippen LogP contribution in [0, 0.1) is 0 Å². The van der Waals surface area contributed by atoms with Gasteiger partial charge in [-0.1, -0.05) is 12.1 Å². The van der Waals surface area contributed by atoms with E-state index in [0.717, 1.165) is 11.3 Å². The van der Waals surface area contributed by atoms with E-state index < -0.39 is 0 Å². The van der Waals surface area contributed by atoms with E-state index in [1.54, 1.807) is 25.9 Å². The number of piperazine rings is 1. The number of hydrogen-bond donors (Lipinski definition) is 0. The van der Waals surface area contributed by atoms with Crippen LogP contribution in [0.5, 0.6) is 5.75 Å². The fraction of sp³-hybridized carbons (Fsp3) is 0.579. The zero-order valence-electron chi connectivity index (χ0n) is 15.9. The minimum Gasteiger partial charge on any atom is -0.491 e. The Bertz CT molecular complexity index is 598. The van der Waals surface area contributed by atoms with Gasteiger partial charge in [0, 0.05) is 40.7 Å². The second-order valence-corrected chi connectivity index (χ2v) is 6.98. The first-order chi connectivity index (χ1) is 11.8. The molecule has 1 aromatic rings. The van der Waals surface area contributed by atoms with E-state index in [2.05, 4.69) is 4.90 Å². The SMILES string of the molecule is CC(=O)N1CCN(CC(=O)N(C)C)[C@@H](c2ccc(OC(C)C)cc2)C1. The highest BCUT2D eigenvalue weighted by molar-refractivity contribution is 5.78. The van der Waals surface area contributed by atoms with Gasteiger partial charge in [-0.15, -0.1) is 0 Å². The van der Waals surface area contributed by atoms with Crippen molar-refractivity contribution < 1.29 is 14.3 Å². The highest BCUT2D eigenvalue weighted by atomic mass is 16.5. The van der Waals surface area contributed by atoms with Gasteiger partial charge in [0.25, 0.3) is 0 Å². The van der Waals surface area contributed by atoms with Crippen LogP contribution < -0.4 is 4.74 Å². The van der Waals surface area contributed by atoms with Crippen LogP contribution in [0.25, 0.3) is 0 Å². The number of ether oxygens (including phenoxy) is 1. The van der Waals surface area contributed by atoms with Crippen molar-refractivity contribution in [1.29, 1.82) is 0 Å². The highest BCUT2D eigenvalue weighted by Gasteiger charge is 2.30. The average molecular weight is 347 g/mol. The van der Waals surface area contributed by atoms with Gasteiger partial charge >= 0.3 is 0 Å². The van der Waals surface area contributed by atoms with Crippen molar-refractivity contribution in [3.63, 3.8) is 0 Å². The molecule has 0 radical (unpaired) electrons. The molecule has 0 N–H and O–H groups in total. The fourth-order valence-corrected chi connectivity index (χ4v) is 2.97. The molecule has 0 aliphatic carbocycles. The van der Waals surface area contributed by atoms with Gasteiger partial charge in [0.05, 0.1) is 18.7 Å². The van der Waals surface area contributed by atoms with E-state index in [1.807, 2.05) is 43.0 Å². The molecule has 1 fully saturated rings. The predicted octanol–water partition coefficient (Wildman–Crippen LogP) is 1.77. The molecule has 1 aromatic carbocycles. The lowest BCUT2D eigenvalue weighted by Crippen LogP contribution is -2.52. The summed E-state index contributed by atoms with van der Waals surface area (Å²) in [4.78, 5) is 29.6. The maximum atomic E-state index is 12.2. The highest BCUT2D eigenvalue weighted by Crippen LogP contribution is 2.27. The largest absolute Gasteiger partial charge is 0.491 e. The number of carbonyl (C=O) groups is 2. The Morgan fingerprint density at radius 1 is 1.20 bits per heavy atom. The molecule has 6 nitrogen and oxygen atoms in total. The van der Waals surface area contributed by atoms with Crippen molar-refractivity contribution in [3.8, 4) is 5.75 Å². The van der Waals surface area contributed by atoms with Gasteiger partial charge < -0.3 is 14.5 Å². The average Bonchev–Trinajstić information content (AvgIpc) is 2.55. The Kier molecular flexibility index (Phi) is 6.42. The van der Waals surface area contributed by atoms with E-state index in [-0.39, 0.29) is 24.0 Å². The van der Waals surface area contributed by atoms with Crippen LogP contribution in [0.4, 0.5) is 0 Å². The molecule has 1 saturated heterocycles. The van der Waals surface area contributed by atoms with Crippen LogP contribution in [-0.4, -0.2) is 72.9 Å². The van der Waals surface area contributed by atoms with Crippen LogP contribution in [0.3, 0.4) is 0 Å². The van der Waals surface area contributed by atoms with E-state index in [1.165, 1.54) is 0 Å². The third kappa shape index (κ3) is 5.19. The van der Waals surface area contributed by atoms with Crippen molar-refractivity contribution in [2.45, 2.75) is 32.9 Å². The Balaban J connectivity index is 2.19.